The van der Waals surface area contributed by atoms with E-state index >= 15 is 0 Å². The molecule has 0 aliphatic heterocycles. The summed E-state index contributed by atoms with van der Waals surface area (Å²) >= 11 is 13.8. The molecule has 21 heavy (non-hydrogen) atoms. The van der Waals surface area contributed by atoms with E-state index in [0.29, 0.717) is 6.61 Å². The van der Waals surface area contributed by atoms with Crippen LogP contribution in [0.15, 0.2) is 45.3 Å². The van der Waals surface area contributed by atoms with Gasteiger partial charge in [0.1, 0.15) is 5.75 Å². The molecule has 0 aliphatic carbocycles. The lowest BCUT2D eigenvalue weighted by molar-refractivity contribution is 0.315. The van der Waals surface area contributed by atoms with E-state index in [9.17, 15) is 0 Å². The number of hydrogen-bond acceptors (Lipinski definition) is 1. The Labute approximate surface area is 147 Å². The van der Waals surface area contributed by atoms with Crippen molar-refractivity contribution in [3.8, 4) is 5.75 Å². The highest BCUT2D eigenvalue weighted by molar-refractivity contribution is 9.10. The van der Waals surface area contributed by atoms with Gasteiger partial charge in [0.05, 0.1) is 16.5 Å². The van der Waals surface area contributed by atoms with Crippen LogP contribution < -0.4 is 4.74 Å². The van der Waals surface area contributed by atoms with Gasteiger partial charge in [0.2, 0.25) is 0 Å². The van der Waals surface area contributed by atoms with Crippen LogP contribution in [0.1, 0.15) is 35.4 Å². The lowest BCUT2D eigenvalue weighted by atomic mass is 10.00. The van der Waals surface area contributed by atoms with Crippen LogP contribution in [0.3, 0.4) is 0 Å². The molecule has 1 atom stereocenters. The highest BCUT2D eigenvalue weighted by Crippen LogP contribution is 2.36. The van der Waals surface area contributed by atoms with Crippen molar-refractivity contribution in [2.75, 3.05) is 6.61 Å². The van der Waals surface area contributed by atoms with E-state index in [4.69, 9.17) is 16.3 Å². The van der Waals surface area contributed by atoms with Crippen molar-refractivity contribution < 1.29 is 4.74 Å². The molecule has 1 unspecified atom stereocenters. The van der Waals surface area contributed by atoms with E-state index in [0.717, 1.165) is 32.2 Å². The van der Waals surface area contributed by atoms with Crippen LogP contribution in [0.5, 0.6) is 5.75 Å². The number of ether oxygens (including phenoxy) is 1. The van der Waals surface area contributed by atoms with Crippen molar-refractivity contribution in [3.05, 3.63) is 62.0 Å². The van der Waals surface area contributed by atoms with E-state index in [2.05, 4.69) is 51.8 Å². The third-order valence-electron chi connectivity index (χ3n) is 3.29. The third-order valence-corrected chi connectivity index (χ3v) is 5.26. The number of halogens is 3. The molecule has 0 spiro atoms. The molecule has 0 heterocycles. The minimum Gasteiger partial charge on any atom is -0.492 e. The predicted molar refractivity (Wildman–Crippen MR) is 96.5 cm³/mol. The zero-order chi connectivity index (χ0) is 15.4. The van der Waals surface area contributed by atoms with Crippen LogP contribution in [0.2, 0.25) is 0 Å². The van der Waals surface area contributed by atoms with Gasteiger partial charge in [-0.25, -0.2) is 0 Å². The second kappa shape index (κ2) is 7.66. The number of rotatable bonds is 5. The van der Waals surface area contributed by atoms with Crippen LogP contribution >= 0.6 is 43.5 Å². The summed E-state index contributed by atoms with van der Waals surface area (Å²) in [6, 6.07) is 12.1. The number of benzene rings is 2. The summed E-state index contributed by atoms with van der Waals surface area (Å²) in [7, 11) is 0. The zero-order valence-corrected chi connectivity index (χ0v) is 15.9. The van der Waals surface area contributed by atoms with Crippen LogP contribution in [-0.2, 0) is 0 Å². The first kappa shape index (κ1) is 16.9. The Morgan fingerprint density at radius 2 is 1.90 bits per heavy atom. The highest BCUT2D eigenvalue weighted by Gasteiger charge is 2.16. The van der Waals surface area contributed by atoms with Gasteiger partial charge in [-0.2, -0.15) is 0 Å². The molecular formula is C17H17Br2ClO. The second-order valence-corrected chi connectivity index (χ2v) is 7.00. The Morgan fingerprint density at radius 1 is 1.14 bits per heavy atom. The van der Waals surface area contributed by atoms with Gasteiger partial charge >= 0.3 is 0 Å². The third kappa shape index (κ3) is 4.02. The molecule has 112 valence electrons. The Bertz CT molecular complexity index is 628. The fourth-order valence-corrected chi connectivity index (χ4v) is 3.35. The minimum absolute atomic E-state index is 0.181. The van der Waals surface area contributed by atoms with Gasteiger partial charge in [-0.05, 0) is 64.2 Å². The Hall–Kier alpha value is -0.510. The molecule has 0 N–H and O–H groups in total. The van der Waals surface area contributed by atoms with Crippen LogP contribution in [0.25, 0.3) is 0 Å². The Balaban J connectivity index is 2.29. The molecule has 0 saturated heterocycles. The summed E-state index contributed by atoms with van der Waals surface area (Å²) in [6.07, 6.45) is 0.990. The molecule has 1 nitrogen and oxygen atoms in total. The SMILES string of the molecule is CCCOc1ccc(C(Cl)c2cccc(Br)c2C)cc1Br. The minimum atomic E-state index is -0.181. The molecule has 0 aromatic heterocycles. The summed E-state index contributed by atoms with van der Waals surface area (Å²) in [5.74, 6) is 0.857. The van der Waals surface area contributed by atoms with Crippen molar-refractivity contribution in [1.29, 1.82) is 0 Å². The standard InChI is InChI=1S/C17H17Br2ClO/c1-3-9-21-16-8-7-12(10-15(16)19)17(20)13-5-4-6-14(18)11(13)2/h4-8,10,17H,3,9H2,1-2H3. The molecule has 0 fully saturated rings. The number of hydrogen-bond donors (Lipinski definition) is 0. The van der Waals surface area contributed by atoms with Gasteiger partial charge in [0, 0.05) is 4.47 Å². The maximum atomic E-state index is 6.66. The van der Waals surface area contributed by atoms with Crippen molar-refractivity contribution in [2.45, 2.75) is 25.6 Å². The van der Waals surface area contributed by atoms with Crippen LogP contribution in [-0.4, -0.2) is 6.61 Å². The van der Waals surface area contributed by atoms with Gasteiger partial charge in [-0.15, -0.1) is 11.6 Å². The Kier molecular flexibility index (Phi) is 6.15. The zero-order valence-electron chi connectivity index (χ0n) is 12.0. The molecular weight excluding hydrogens is 415 g/mol. The molecule has 2 aromatic rings. The van der Waals surface area contributed by atoms with Crippen LogP contribution in [0, 0.1) is 6.92 Å². The van der Waals surface area contributed by atoms with Gasteiger partial charge in [-0.3, -0.25) is 0 Å². The fraction of sp³-hybridized carbons (Fsp3) is 0.294. The summed E-state index contributed by atoms with van der Waals surface area (Å²) in [5, 5.41) is -0.181. The average Bonchev–Trinajstić information content (AvgIpc) is 2.48. The first-order chi connectivity index (χ1) is 10.0. The van der Waals surface area contributed by atoms with Crippen molar-refractivity contribution in [3.63, 3.8) is 0 Å². The van der Waals surface area contributed by atoms with Gasteiger partial charge < -0.3 is 4.74 Å². The molecule has 2 aromatic carbocycles. The summed E-state index contributed by atoms with van der Waals surface area (Å²) < 4.78 is 7.69. The van der Waals surface area contributed by atoms with Crippen molar-refractivity contribution in [1.82, 2.24) is 0 Å². The highest BCUT2D eigenvalue weighted by atomic mass is 79.9. The van der Waals surface area contributed by atoms with Crippen LogP contribution in [0.4, 0.5) is 0 Å². The molecule has 0 aliphatic rings. The topological polar surface area (TPSA) is 9.23 Å². The molecule has 2 rings (SSSR count). The number of alkyl halides is 1. The molecule has 4 heteroatoms. The van der Waals surface area contributed by atoms with E-state index in [1.165, 1.54) is 5.56 Å². The van der Waals surface area contributed by atoms with Gasteiger partial charge in [0.25, 0.3) is 0 Å². The average molecular weight is 433 g/mol. The lowest BCUT2D eigenvalue weighted by Gasteiger charge is -2.16. The summed E-state index contributed by atoms with van der Waals surface area (Å²) in [4.78, 5) is 0. The maximum Gasteiger partial charge on any atom is 0.133 e. The fourth-order valence-electron chi connectivity index (χ4n) is 2.08. The first-order valence-corrected chi connectivity index (χ1v) is 8.88. The van der Waals surface area contributed by atoms with Crippen molar-refractivity contribution in [2.24, 2.45) is 0 Å². The smallest absolute Gasteiger partial charge is 0.133 e. The van der Waals surface area contributed by atoms with E-state index in [1.807, 2.05) is 30.3 Å². The normalized spacial score (nSPS) is 12.2. The van der Waals surface area contributed by atoms with Crippen molar-refractivity contribution >= 4 is 43.5 Å². The summed E-state index contributed by atoms with van der Waals surface area (Å²) in [6.45, 7) is 4.88. The molecule has 0 amide bonds. The predicted octanol–water partition coefficient (Wildman–Crippen LogP) is 6.64. The quantitative estimate of drug-likeness (QED) is 0.482. The summed E-state index contributed by atoms with van der Waals surface area (Å²) in [5.41, 5.74) is 3.33. The largest absolute Gasteiger partial charge is 0.492 e. The molecule has 0 saturated carbocycles. The second-order valence-electron chi connectivity index (χ2n) is 4.85. The maximum absolute atomic E-state index is 6.66. The van der Waals surface area contributed by atoms with Gasteiger partial charge in [0.15, 0.2) is 0 Å². The molecule has 0 bridgehead atoms. The first-order valence-electron chi connectivity index (χ1n) is 6.86. The lowest BCUT2D eigenvalue weighted by Crippen LogP contribution is -1.99. The van der Waals surface area contributed by atoms with E-state index in [-0.39, 0.29) is 5.38 Å². The van der Waals surface area contributed by atoms with E-state index in [1.54, 1.807) is 0 Å². The molecule has 0 radical (unpaired) electrons. The van der Waals surface area contributed by atoms with Gasteiger partial charge in [-0.1, -0.05) is 41.1 Å². The monoisotopic (exact) mass is 430 g/mol. The van der Waals surface area contributed by atoms with E-state index < -0.39 is 0 Å². The Morgan fingerprint density at radius 3 is 2.57 bits per heavy atom.